The van der Waals surface area contributed by atoms with Crippen molar-refractivity contribution in [3.63, 3.8) is 0 Å². The average Bonchev–Trinajstić information content (AvgIpc) is 3.33. The Bertz CT molecular complexity index is 1630. The van der Waals surface area contributed by atoms with Crippen LogP contribution in [0.25, 0.3) is 22.4 Å². The van der Waals surface area contributed by atoms with Crippen LogP contribution in [0.2, 0.25) is 0 Å². The number of pyridine rings is 1. The fourth-order valence-corrected chi connectivity index (χ4v) is 4.32. The highest BCUT2D eigenvalue weighted by Crippen LogP contribution is 2.23. The molecule has 0 fully saturated rings. The van der Waals surface area contributed by atoms with Crippen LogP contribution in [0.1, 0.15) is 15.9 Å². The zero-order chi connectivity index (χ0) is 24.4. The summed E-state index contributed by atoms with van der Waals surface area (Å²) in [6, 6.07) is 23.2. The van der Waals surface area contributed by atoms with Crippen LogP contribution in [-0.2, 0) is 10.1 Å². The van der Waals surface area contributed by atoms with E-state index in [-0.39, 0.29) is 16.6 Å². The van der Waals surface area contributed by atoms with Gasteiger partial charge in [-0.25, -0.2) is 4.98 Å². The number of fused-ring (bicyclic) bond motifs is 1. The van der Waals surface area contributed by atoms with Crippen LogP contribution in [0.15, 0.2) is 89.8 Å². The van der Waals surface area contributed by atoms with Crippen molar-refractivity contribution in [3.05, 3.63) is 96.1 Å². The molecule has 10 heteroatoms. The van der Waals surface area contributed by atoms with E-state index in [1.807, 2.05) is 19.1 Å². The number of H-pyrrole nitrogens is 1. The summed E-state index contributed by atoms with van der Waals surface area (Å²) in [5.41, 5.74) is 4.44. The van der Waals surface area contributed by atoms with Crippen LogP contribution >= 0.6 is 0 Å². The molecule has 0 aliphatic rings. The lowest BCUT2D eigenvalue weighted by atomic mass is 10.1. The first-order valence-electron chi connectivity index (χ1n) is 10.6. The van der Waals surface area contributed by atoms with Crippen LogP contribution in [0.5, 0.6) is 5.75 Å². The molecule has 9 nitrogen and oxygen atoms in total. The molecular formula is C25H19N5O4S. The van der Waals surface area contributed by atoms with Crippen LogP contribution in [-0.4, -0.2) is 34.7 Å². The highest BCUT2D eigenvalue weighted by molar-refractivity contribution is 7.87. The van der Waals surface area contributed by atoms with Gasteiger partial charge in [-0.1, -0.05) is 29.8 Å². The van der Waals surface area contributed by atoms with Gasteiger partial charge in [0.1, 0.15) is 16.2 Å². The molecule has 2 aromatic heterocycles. The van der Waals surface area contributed by atoms with Crippen LogP contribution in [0, 0.1) is 6.92 Å². The predicted octanol–water partition coefficient (Wildman–Crippen LogP) is 4.35. The van der Waals surface area contributed by atoms with Gasteiger partial charge in [-0.15, -0.1) is 5.10 Å². The third-order valence-electron chi connectivity index (χ3n) is 5.23. The van der Waals surface area contributed by atoms with Crippen molar-refractivity contribution >= 4 is 32.9 Å². The number of aryl methyl sites for hydroxylation is 1. The van der Waals surface area contributed by atoms with E-state index in [1.165, 1.54) is 24.3 Å². The first-order valence-corrected chi connectivity index (χ1v) is 12.0. The second-order valence-corrected chi connectivity index (χ2v) is 9.32. The van der Waals surface area contributed by atoms with Crippen molar-refractivity contribution in [3.8, 4) is 17.0 Å². The van der Waals surface area contributed by atoms with Crippen molar-refractivity contribution in [2.45, 2.75) is 11.8 Å². The maximum Gasteiger partial charge on any atom is 0.339 e. The molecule has 1 amide bonds. The molecule has 0 aliphatic heterocycles. The molecule has 0 bridgehead atoms. The van der Waals surface area contributed by atoms with E-state index in [4.69, 9.17) is 4.18 Å². The molecule has 5 rings (SSSR count). The van der Waals surface area contributed by atoms with Gasteiger partial charge in [-0.2, -0.15) is 18.7 Å². The Balaban J connectivity index is 1.29. The second kappa shape index (κ2) is 8.99. The number of benzene rings is 3. The Morgan fingerprint density at radius 2 is 1.69 bits per heavy atom. The molecule has 0 radical (unpaired) electrons. The summed E-state index contributed by atoms with van der Waals surface area (Å²) < 4.78 is 30.1. The molecule has 0 atom stereocenters. The highest BCUT2D eigenvalue weighted by Gasteiger charge is 2.16. The standard InChI is InChI=1S/C25H19N5O4S/c1-16-5-11-21(12-6-16)35(32,33)34-20-9-7-19(8-10-20)26-25(31)18-4-2-3-17(15-18)22-13-14-23-24(27-22)29-30-28-23/h2-15H,1H3,(H,26,31)(H,27,28,29,30). The van der Waals surface area contributed by atoms with Crippen molar-refractivity contribution in [1.29, 1.82) is 0 Å². The molecule has 0 saturated carbocycles. The van der Waals surface area contributed by atoms with Gasteiger partial charge in [0.15, 0.2) is 0 Å². The fourth-order valence-electron chi connectivity index (χ4n) is 3.39. The van der Waals surface area contributed by atoms with Gasteiger partial charge >= 0.3 is 10.1 Å². The normalized spacial score (nSPS) is 11.3. The molecule has 174 valence electrons. The predicted molar refractivity (Wildman–Crippen MR) is 131 cm³/mol. The van der Waals surface area contributed by atoms with Gasteiger partial charge in [0.2, 0.25) is 5.65 Å². The average molecular weight is 486 g/mol. The summed E-state index contributed by atoms with van der Waals surface area (Å²) in [6.07, 6.45) is 0. The summed E-state index contributed by atoms with van der Waals surface area (Å²) in [5, 5.41) is 13.3. The number of amides is 1. The smallest absolute Gasteiger partial charge is 0.339 e. The molecule has 0 spiro atoms. The SMILES string of the molecule is Cc1ccc(S(=O)(=O)Oc2ccc(NC(=O)c3cccc(-c4ccc5n[nH]nc5n4)c3)cc2)cc1. The number of rotatable bonds is 6. The maximum atomic E-state index is 12.8. The lowest BCUT2D eigenvalue weighted by Gasteiger charge is -2.09. The van der Waals surface area contributed by atoms with Crippen molar-refractivity contribution < 1.29 is 17.4 Å². The molecule has 0 aliphatic carbocycles. The largest absolute Gasteiger partial charge is 0.379 e. The third-order valence-corrected chi connectivity index (χ3v) is 6.49. The second-order valence-electron chi connectivity index (χ2n) is 7.77. The Morgan fingerprint density at radius 1 is 0.914 bits per heavy atom. The summed E-state index contributed by atoms with van der Waals surface area (Å²) >= 11 is 0. The number of carbonyl (C=O) groups excluding carboxylic acids is 1. The number of hydrogen-bond donors (Lipinski definition) is 2. The Morgan fingerprint density at radius 3 is 2.46 bits per heavy atom. The van der Waals surface area contributed by atoms with Gasteiger partial charge in [-0.3, -0.25) is 4.79 Å². The van der Waals surface area contributed by atoms with Crippen molar-refractivity contribution in [2.24, 2.45) is 0 Å². The molecule has 0 saturated heterocycles. The van der Waals surface area contributed by atoms with E-state index in [2.05, 4.69) is 25.7 Å². The van der Waals surface area contributed by atoms with E-state index < -0.39 is 10.1 Å². The Labute approximate surface area is 200 Å². The van der Waals surface area contributed by atoms with Gasteiger partial charge in [-0.05, 0) is 67.6 Å². The molecular weight excluding hydrogens is 466 g/mol. The van der Waals surface area contributed by atoms with Gasteiger partial charge < -0.3 is 9.50 Å². The zero-order valence-electron chi connectivity index (χ0n) is 18.5. The number of aromatic nitrogens is 4. The van der Waals surface area contributed by atoms with Gasteiger partial charge in [0.25, 0.3) is 5.91 Å². The summed E-state index contributed by atoms with van der Waals surface area (Å²) in [4.78, 5) is 17.3. The molecule has 5 aromatic rings. The third kappa shape index (κ3) is 4.87. The monoisotopic (exact) mass is 485 g/mol. The minimum absolute atomic E-state index is 0.0672. The fraction of sp³-hybridized carbons (Fsp3) is 0.0400. The molecule has 0 unspecified atom stereocenters. The Hall–Kier alpha value is -4.57. The molecule has 2 heterocycles. The van der Waals surface area contributed by atoms with Crippen LogP contribution < -0.4 is 9.50 Å². The van der Waals surface area contributed by atoms with Gasteiger partial charge in [0, 0.05) is 16.8 Å². The Kier molecular flexibility index (Phi) is 5.71. The van der Waals surface area contributed by atoms with Crippen LogP contribution in [0.4, 0.5) is 5.69 Å². The lowest BCUT2D eigenvalue weighted by Crippen LogP contribution is -2.12. The van der Waals surface area contributed by atoms with Crippen molar-refractivity contribution in [1.82, 2.24) is 20.4 Å². The van der Waals surface area contributed by atoms with E-state index in [0.29, 0.717) is 28.1 Å². The number of nitrogens with one attached hydrogen (secondary N) is 2. The molecule has 2 N–H and O–H groups in total. The number of nitrogens with zero attached hydrogens (tertiary/aromatic N) is 3. The highest BCUT2D eigenvalue weighted by atomic mass is 32.2. The minimum Gasteiger partial charge on any atom is -0.379 e. The zero-order valence-corrected chi connectivity index (χ0v) is 19.3. The summed E-state index contributed by atoms with van der Waals surface area (Å²) in [5.74, 6) is -0.185. The van der Waals surface area contributed by atoms with Crippen LogP contribution in [0.3, 0.4) is 0 Å². The van der Waals surface area contributed by atoms with E-state index in [0.717, 1.165) is 11.1 Å². The number of aromatic amines is 1. The number of carbonyl (C=O) groups is 1. The van der Waals surface area contributed by atoms with Crippen molar-refractivity contribution in [2.75, 3.05) is 5.32 Å². The van der Waals surface area contributed by atoms with E-state index >= 15 is 0 Å². The quantitative estimate of drug-likeness (QED) is 0.342. The summed E-state index contributed by atoms with van der Waals surface area (Å²) in [7, 11) is -3.95. The number of hydrogen-bond acceptors (Lipinski definition) is 7. The van der Waals surface area contributed by atoms with Gasteiger partial charge in [0.05, 0.1) is 5.69 Å². The maximum absolute atomic E-state index is 12.8. The number of anilines is 1. The topological polar surface area (TPSA) is 127 Å². The minimum atomic E-state index is -3.95. The first kappa shape index (κ1) is 22.2. The molecule has 3 aromatic carbocycles. The lowest BCUT2D eigenvalue weighted by molar-refractivity contribution is 0.102. The van der Waals surface area contributed by atoms with E-state index in [9.17, 15) is 13.2 Å². The summed E-state index contributed by atoms with van der Waals surface area (Å²) in [6.45, 7) is 1.87. The molecule has 35 heavy (non-hydrogen) atoms. The first-order chi connectivity index (χ1) is 16.9. The van der Waals surface area contributed by atoms with E-state index in [1.54, 1.807) is 48.5 Å².